The van der Waals surface area contributed by atoms with Crippen LogP contribution in [-0.4, -0.2) is 35.9 Å². The van der Waals surface area contributed by atoms with Gasteiger partial charge in [-0.1, -0.05) is 39.7 Å². The maximum Gasteiger partial charge on any atom is 0.261 e. The van der Waals surface area contributed by atoms with E-state index in [-0.39, 0.29) is 30.8 Å². The molecule has 0 aliphatic rings. The highest BCUT2D eigenvalue weighted by Gasteiger charge is 2.26. The largest absolute Gasteiger partial charge is 0.482 e. The lowest BCUT2D eigenvalue weighted by molar-refractivity contribution is -0.142. The van der Waals surface area contributed by atoms with Crippen molar-refractivity contribution in [1.82, 2.24) is 10.2 Å². The van der Waals surface area contributed by atoms with Crippen LogP contribution in [0.5, 0.6) is 5.75 Å². The van der Waals surface area contributed by atoms with Gasteiger partial charge >= 0.3 is 0 Å². The first kappa shape index (κ1) is 22.2. The molecule has 150 valence electrons. The molecule has 0 aromatic heterocycles. The van der Waals surface area contributed by atoms with Crippen LogP contribution in [0.2, 0.25) is 5.02 Å². The van der Waals surface area contributed by atoms with Crippen LogP contribution in [0.4, 0.5) is 4.39 Å². The lowest BCUT2D eigenvalue weighted by Gasteiger charge is -2.28. The van der Waals surface area contributed by atoms with E-state index in [1.165, 1.54) is 17.0 Å². The maximum atomic E-state index is 13.2. The predicted molar refractivity (Wildman–Crippen MR) is 110 cm³/mol. The third-order valence-electron chi connectivity index (χ3n) is 4.03. The molecule has 0 bridgehead atoms. The molecule has 2 aromatic rings. The van der Waals surface area contributed by atoms with E-state index >= 15 is 0 Å². The van der Waals surface area contributed by atoms with Gasteiger partial charge in [0.05, 0.1) is 5.02 Å². The Hall–Kier alpha value is -2.12. The molecule has 0 unspecified atom stereocenters. The second-order valence-corrected chi connectivity index (χ2v) is 7.40. The summed E-state index contributed by atoms with van der Waals surface area (Å²) in [4.78, 5) is 26.5. The smallest absolute Gasteiger partial charge is 0.261 e. The van der Waals surface area contributed by atoms with Crippen molar-refractivity contribution in [2.24, 2.45) is 0 Å². The average molecular weight is 472 g/mol. The van der Waals surface area contributed by atoms with Gasteiger partial charge in [-0.2, -0.15) is 0 Å². The van der Waals surface area contributed by atoms with Gasteiger partial charge in [-0.05, 0) is 49.7 Å². The van der Waals surface area contributed by atoms with Crippen LogP contribution >= 0.6 is 27.5 Å². The number of carbonyl (C=O) groups is 2. The van der Waals surface area contributed by atoms with E-state index in [1.807, 2.05) is 0 Å². The molecular formula is C20H21BrClFN2O3. The Bertz CT molecular complexity index is 833. The summed E-state index contributed by atoms with van der Waals surface area (Å²) in [6, 6.07) is 10.1. The van der Waals surface area contributed by atoms with Gasteiger partial charge in [0.25, 0.3) is 5.91 Å². The summed E-state index contributed by atoms with van der Waals surface area (Å²) < 4.78 is 19.5. The minimum atomic E-state index is -0.721. The van der Waals surface area contributed by atoms with Crippen LogP contribution in [0, 0.1) is 5.82 Å². The molecule has 2 rings (SSSR count). The predicted octanol–water partition coefficient (Wildman–Crippen LogP) is 4.17. The molecule has 0 spiro atoms. The summed E-state index contributed by atoms with van der Waals surface area (Å²) in [5.74, 6) is -0.668. The zero-order valence-corrected chi connectivity index (χ0v) is 17.9. The lowest BCUT2D eigenvalue weighted by atomic mass is 10.1. The molecular weight excluding hydrogens is 451 g/mol. The van der Waals surface area contributed by atoms with Crippen LogP contribution in [0.1, 0.15) is 19.4 Å². The highest BCUT2D eigenvalue weighted by Crippen LogP contribution is 2.27. The van der Waals surface area contributed by atoms with Crippen LogP contribution in [0.3, 0.4) is 0 Å². The van der Waals surface area contributed by atoms with Crippen molar-refractivity contribution in [2.45, 2.75) is 26.4 Å². The van der Waals surface area contributed by atoms with Gasteiger partial charge < -0.3 is 15.0 Å². The van der Waals surface area contributed by atoms with Crippen LogP contribution in [0.25, 0.3) is 0 Å². The van der Waals surface area contributed by atoms with Gasteiger partial charge in [0.15, 0.2) is 6.61 Å². The fourth-order valence-electron chi connectivity index (χ4n) is 2.51. The Morgan fingerprint density at radius 3 is 2.54 bits per heavy atom. The summed E-state index contributed by atoms with van der Waals surface area (Å²) in [5.41, 5.74) is 0.701. The number of nitrogens with zero attached hydrogens (tertiary/aromatic N) is 1. The standard InChI is InChI=1S/C20H21BrClFN2O3/c1-3-24-20(27)13(2)25(11-14-4-7-16(23)8-5-14)19(26)12-28-18-9-6-15(21)10-17(18)22/h4-10,13H,3,11-12H2,1-2H3,(H,24,27)/t13-/m1/s1. The Morgan fingerprint density at radius 1 is 1.25 bits per heavy atom. The summed E-state index contributed by atoms with van der Waals surface area (Å²) >= 11 is 9.42. The number of likely N-dealkylation sites (N-methyl/N-ethyl adjacent to an activating group) is 1. The highest BCUT2D eigenvalue weighted by molar-refractivity contribution is 9.10. The summed E-state index contributed by atoms with van der Waals surface area (Å²) in [5, 5.41) is 3.07. The summed E-state index contributed by atoms with van der Waals surface area (Å²) in [6.45, 7) is 3.75. The number of ether oxygens (including phenoxy) is 1. The van der Waals surface area contributed by atoms with Crippen molar-refractivity contribution in [3.63, 3.8) is 0 Å². The molecule has 8 heteroatoms. The van der Waals surface area contributed by atoms with E-state index in [4.69, 9.17) is 16.3 Å². The molecule has 0 heterocycles. The Labute approximate surface area is 176 Å². The minimum Gasteiger partial charge on any atom is -0.482 e. The first-order chi connectivity index (χ1) is 13.3. The Kier molecular flexibility index (Phi) is 8.26. The molecule has 5 nitrogen and oxygen atoms in total. The van der Waals surface area contributed by atoms with Crippen LogP contribution in [-0.2, 0) is 16.1 Å². The van der Waals surface area contributed by atoms with Crippen LogP contribution in [0.15, 0.2) is 46.9 Å². The van der Waals surface area contributed by atoms with Gasteiger partial charge in [0, 0.05) is 17.6 Å². The topological polar surface area (TPSA) is 58.6 Å². The van der Waals surface area contributed by atoms with Crippen molar-refractivity contribution in [3.05, 3.63) is 63.3 Å². The zero-order valence-electron chi connectivity index (χ0n) is 15.5. The monoisotopic (exact) mass is 470 g/mol. The van der Waals surface area contributed by atoms with Crippen molar-refractivity contribution < 1.29 is 18.7 Å². The van der Waals surface area contributed by atoms with E-state index in [0.717, 1.165) is 4.47 Å². The molecule has 0 aliphatic heterocycles. The fourth-order valence-corrected chi connectivity index (χ4v) is 3.23. The minimum absolute atomic E-state index is 0.148. The van der Waals surface area contributed by atoms with Crippen molar-refractivity contribution >= 4 is 39.3 Å². The molecule has 0 radical (unpaired) electrons. The normalized spacial score (nSPS) is 11.6. The number of nitrogens with one attached hydrogen (secondary N) is 1. The van der Waals surface area contributed by atoms with E-state index in [9.17, 15) is 14.0 Å². The first-order valence-electron chi connectivity index (χ1n) is 8.71. The highest BCUT2D eigenvalue weighted by atomic mass is 79.9. The quantitative estimate of drug-likeness (QED) is 0.628. The van der Waals surface area contributed by atoms with Gasteiger partial charge in [0.1, 0.15) is 17.6 Å². The van der Waals surface area contributed by atoms with E-state index in [0.29, 0.717) is 22.9 Å². The average Bonchev–Trinajstić information content (AvgIpc) is 2.66. The second kappa shape index (κ2) is 10.4. The van der Waals surface area contributed by atoms with E-state index in [1.54, 1.807) is 44.2 Å². The van der Waals surface area contributed by atoms with Crippen LogP contribution < -0.4 is 10.1 Å². The number of halogens is 3. The fraction of sp³-hybridized carbons (Fsp3) is 0.300. The van der Waals surface area contributed by atoms with Crippen molar-refractivity contribution in [3.8, 4) is 5.75 Å². The SMILES string of the molecule is CCNC(=O)[C@@H](C)N(Cc1ccc(F)cc1)C(=O)COc1ccc(Br)cc1Cl. The molecule has 0 saturated carbocycles. The molecule has 2 amide bonds. The first-order valence-corrected chi connectivity index (χ1v) is 9.88. The third kappa shape index (κ3) is 6.21. The molecule has 0 saturated heterocycles. The van der Waals surface area contributed by atoms with Crippen molar-refractivity contribution in [2.75, 3.05) is 13.2 Å². The number of hydrogen-bond acceptors (Lipinski definition) is 3. The molecule has 2 aromatic carbocycles. The van der Waals surface area contributed by atoms with Gasteiger partial charge in [-0.25, -0.2) is 4.39 Å². The zero-order chi connectivity index (χ0) is 20.7. The Morgan fingerprint density at radius 2 is 1.93 bits per heavy atom. The van der Waals surface area contributed by atoms with Gasteiger partial charge in [-0.15, -0.1) is 0 Å². The van der Waals surface area contributed by atoms with E-state index < -0.39 is 6.04 Å². The number of rotatable bonds is 8. The molecule has 28 heavy (non-hydrogen) atoms. The number of carbonyl (C=O) groups excluding carboxylic acids is 2. The van der Waals surface area contributed by atoms with Gasteiger partial charge in [0.2, 0.25) is 5.91 Å². The summed E-state index contributed by atoms with van der Waals surface area (Å²) in [7, 11) is 0. The Balaban J connectivity index is 2.15. The molecule has 0 fully saturated rings. The van der Waals surface area contributed by atoms with E-state index in [2.05, 4.69) is 21.2 Å². The second-order valence-electron chi connectivity index (χ2n) is 6.08. The lowest BCUT2D eigenvalue weighted by Crippen LogP contribution is -2.49. The summed E-state index contributed by atoms with van der Waals surface area (Å²) in [6.07, 6.45) is 0. The number of amides is 2. The van der Waals surface area contributed by atoms with Gasteiger partial charge in [-0.3, -0.25) is 9.59 Å². The molecule has 1 atom stereocenters. The van der Waals surface area contributed by atoms with Crippen molar-refractivity contribution in [1.29, 1.82) is 0 Å². The molecule has 0 aliphatic carbocycles. The third-order valence-corrected chi connectivity index (χ3v) is 4.82. The number of hydrogen-bond donors (Lipinski definition) is 1. The molecule has 1 N–H and O–H groups in total. The maximum absolute atomic E-state index is 13.2. The number of benzene rings is 2.